The van der Waals surface area contributed by atoms with E-state index in [9.17, 15) is 4.79 Å². The first-order valence-corrected chi connectivity index (χ1v) is 9.18. The first kappa shape index (κ1) is 17.3. The highest BCUT2D eigenvalue weighted by Crippen LogP contribution is 2.28. The maximum Gasteiger partial charge on any atom is 0.318 e. The quantitative estimate of drug-likeness (QED) is 0.694. The largest absolute Gasteiger partial charge is 0.339 e. The van der Waals surface area contributed by atoms with E-state index in [1.54, 1.807) is 0 Å². The third kappa shape index (κ3) is 4.16. The molecule has 1 N–H and O–H groups in total. The highest BCUT2D eigenvalue weighted by molar-refractivity contribution is 5.74. The van der Waals surface area contributed by atoms with E-state index < -0.39 is 0 Å². The van der Waals surface area contributed by atoms with E-state index in [1.807, 2.05) is 59.2 Å². The summed E-state index contributed by atoms with van der Waals surface area (Å²) in [6.07, 6.45) is 6.51. The Hall–Kier alpha value is -3.16. The van der Waals surface area contributed by atoms with Crippen LogP contribution in [0.25, 0.3) is 5.69 Å². The van der Waals surface area contributed by atoms with Crippen molar-refractivity contribution >= 4 is 6.03 Å². The van der Waals surface area contributed by atoms with E-state index in [4.69, 9.17) is 4.52 Å². The van der Waals surface area contributed by atoms with Crippen molar-refractivity contribution in [3.63, 3.8) is 0 Å². The fraction of sp³-hybridized carbons (Fsp3) is 0.368. The van der Waals surface area contributed by atoms with Crippen LogP contribution in [-0.2, 0) is 19.5 Å². The zero-order valence-electron chi connectivity index (χ0n) is 15.2. The molecule has 140 valence electrons. The number of benzene rings is 1. The lowest BCUT2D eigenvalue weighted by Crippen LogP contribution is -2.40. The van der Waals surface area contributed by atoms with Crippen molar-refractivity contribution in [1.29, 1.82) is 0 Å². The Morgan fingerprint density at radius 3 is 2.85 bits per heavy atom. The Balaban J connectivity index is 1.39. The summed E-state index contributed by atoms with van der Waals surface area (Å²) in [6, 6.07) is 10.1. The molecule has 3 aromatic rings. The molecule has 2 heterocycles. The minimum absolute atomic E-state index is 0.118. The number of nitrogens with zero attached hydrogens (tertiary/aromatic N) is 5. The molecule has 2 amide bonds. The molecule has 0 unspecified atom stereocenters. The molecule has 8 nitrogen and oxygen atoms in total. The zero-order valence-corrected chi connectivity index (χ0v) is 15.2. The summed E-state index contributed by atoms with van der Waals surface area (Å²) in [6.45, 7) is 2.73. The lowest BCUT2D eigenvalue weighted by atomic mass is 10.3. The van der Waals surface area contributed by atoms with Crippen LogP contribution in [0.5, 0.6) is 0 Å². The van der Waals surface area contributed by atoms with Crippen molar-refractivity contribution in [2.24, 2.45) is 0 Å². The van der Waals surface area contributed by atoms with Gasteiger partial charge in [0, 0.05) is 24.2 Å². The van der Waals surface area contributed by atoms with Gasteiger partial charge in [0.2, 0.25) is 5.89 Å². The maximum atomic E-state index is 12.7. The molecule has 2 aromatic heterocycles. The minimum atomic E-state index is -0.118. The van der Waals surface area contributed by atoms with E-state index in [0.717, 1.165) is 24.1 Å². The Morgan fingerprint density at radius 2 is 2.15 bits per heavy atom. The van der Waals surface area contributed by atoms with Gasteiger partial charge in [0.15, 0.2) is 5.82 Å². The standard InChI is InChI=1S/C19H22N6O2/c1-2-18-22-17(23-27-18)11-20-19(26)24(15-8-9-15)12-14-10-21-25(13-14)16-6-4-3-5-7-16/h3-7,10,13,15H,2,8-9,11-12H2,1H3,(H,20,26). The fourth-order valence-corrected chi connectivity index (χ4v) is 2.88. The normalized spacial score (nSPS) is 13.5. The zero-order chi connectivity index (χ0) is 18.6. The molecule has 1 aromatic carbocycles. The topological polar surface area (TPSA) is 89.1 Å². The molecule has 4 rings (SSSR count). The molecule has 0 aliphatic heterocycles. The highest BCUT2D eigenvalue weighted by atomic mass is 16.5. The molecule has 1 aliphatic carbocycles. The van der Waals surface area contributed by atoms with Gasteiger partial charge in [0.05, 0.1) is 25.0 Å². The number of hydrogen-bond donors (Lipinski definition) is 1. The summed E-state index contributed by atoms with van der Waals surface area (Å²) < 4.78 is 6.89. The first-order chi connectivity index (χ1) is 13.2. The molecule has 0 atom stereocenters. The number of carbonyl (C=O) groups excluding carboxylic acids is 1. The third-order valence-corrected chi connectivity index (χ3v) is 4.47. The minimum Gasteiger partial charge on any atom is -0.339 e. The summed E-state index contributed by atoms with van der Waals surface area (Å²) in [5, 5.41) is 11.2. The lowest BCUT2D eigenvalue weighted by Gasteiger charge is -2.21. The lowest BCUT2D eigenvalue weighted by molar-refractivity contribution is 0.191. The molecular weight excluding hydrogens is 344 g/mol. The van der Waals surface area contributed by atoms with Crippen LogP contribution in [0.4, 0.5) is 4.79 Å². The van der Waals surface area contributed by atoms with E-state index >= 15 is 0 Å². The Labute approximate surface area is 157 Å². The van der Waals surface area contributed by atoms with Gasteiger partial charge in [-0.15, -0.1) is 0 Å². The number of aryl methyl sites for hydroxylation is 1. The second-order valence-corrected chi connectivity index (χ2v) is 6.60. The summed E-state index contributed by atoms with van der Waals surface area (Å²) >= 11 is 0. The summed E-state index contributed by atoms with van der Waals surface area (Å²) in [5.74, 6) is 1.07. The number of aromatic nitrogens is 4. The van der Waals surface area contributed by atoms with Crippen molar-refractivity contribution < 1.29 is 9.32 Å². The molecule has 0 bridgehead atoms. The molecule has 1 aliphatic rings. The summed E-state index contributed by atoms with van der Waals surface area (Å²) in [7, 11) is 0. The smallest absolute Gasteiger partial charge is 0.318 e. The molecule has 0 radical (unpaired) electrons. The molecule has 27 heavy (non-hydrogen) atoms. The monoisotopic (exact) mass is 366 g/mol. The number of para-hydroxylation sites is 1. The van der Waals surface area contributed by atoms with Gasteiger partial charge < -0.3 is 14.7 Å². The highest BCUT2D eigenvalue weighted by Gasteiger charge is 2.33. The second kappa shape index (κ2) is 7.61. The number of amides is 2. The van der Waals surface area contributed by atoms with Crippen molar-refractivity contribution in [3.05, 3.63) is 60.0 Å². The molecule has 1 fully saturated rings. The summed E-state index contributed by atoms with van der Waals surface area (Å²) in [4.78, 5) is 18.7. The van der Waals surface area contributed by atoms with Gasteiger partial charge in [0.25, 0.3) is 0 Å². The second-order valence-electron chi connectivity index (χ2n) is 6.60. The average molecular weight is 366 g/mol. The van der Waals surface area contributed by atoms with Gasteiger partial charge in [-0.05, 0) is 25.0 Å². The average Bonchev–Trinajstić information content (AvgIpc) is 3.25. The van der Waals surface area contributed by atoms with Gasteiger partial charge in [-0.3, -0.25) is 0 Å². The van der Waals surface area contributed by atoms with Crippen LogP contribution in [-0.4, -0.2) is 36.9 Å². The van der Waals surface area contributed by atoms with Gasteiger partial charge in [0.1, 0.15) is 0 Å². The molecule has 1 saturated carbocycles. The predicted octanol–water partition coefficient (Wildman–Crippen LogP) is 2.69. The van der Waals surface area contributed by atoms with Crippen molar-refractivity contribution in [1.82, 2.24) is 30.1 Å². The number of rotatable bonds is 7. The van der Waals surface area contributed by atoms with Crippen LogP contribution in [0.3, 0.4) is 0 Å². The van der Waals surface area contributed by atoms with Gasteiger partial charge >= 0.3 is 6.03 Å². The number of nitrogens with one attached hydrogen (secondary N) is 1. The van der Waals surface area contributed by atoms with Crippen LogP contribution in [0.2, 0.25) is 0 Å². The van der Waals surface area contributed by atoms with E-state index in [-0.39, 0.29) is 18.6 Å². The fourth-order valence-electron chi connectivity index (χ4n) is 2.88. The molecule has 0 saturated heterocycles. The van der Waals surface area contributed by atoms with Crippen molar-refractivity contribution in [3.8, 4) is 5.69 Å². The number of urea groups is 1. The molecular formula is C19H22N6O2. The third-order valence-electron chi connectivity index (χ3n) is 4.47. The van der Waals surface area contributed by atoms with Gasteiger partial charge in [-0.1, -0.05) is 30.3 Å². The van der Waals surface area contributed by atoms with Crippen LogP contribution >= 0.6 is 0 Å². The summed E-state index contributed by atoms with van der Waals surface area (Å²) in [5.41, 5.74) is 1.99. The predicted molar refractivity (Wildman–Crippen MR) is 98.0 cm³/mol. The SMILES string of the molecule is CCc1nc(CNC(=O)N(Cc2cnn(-c3ccccc3)c2)C2CC2)no1. The van der Waals surface area contributed by atoms with Crippen LogP contribution in [0.15, 0.2) is 47.2 Å². The van der Waals surface area contributed by atoms with Crippen molar-refractivity contribution in [2.45, 2.75) is 45.3 Å². The van der Waals surface area contributed by atoms with Crippen molar-refractivity contribution in [2.75, 3.05) is 0 Å². The van der Waals surface area contributed by atoms with E-state index in [1.165, 1.54) is 0 Å². The van der Waals surface area contributed by atoms with E-state index in [2.05, 4.69) is 20.6 Å². The van der Waals surface area contributed by atoms with Crippen LogP contribution in [0, 0.1) is 0 Å². The van der Waals surface area contributed by atoms with Crippen LogP contribution in [0.1, 0.15) is 37.0 Å². The maximum absolute atomic E-state index is 12.7. The van der Waals surface area contributed by atoms with Gasteiger partial charge in [-0.25, -0.2) is 9.48 Å². The Bertz CT molecular complexity index is 900. The Kier molecular flexibility index (Phi) is 4.86. The Morgan fingerprint density at radius 1 is 1.33 bits per heavy atom. The van der Waals surface area contributed by atoms with Gasteiger partial charge in [-0.2, -0.15) is 10.1 Å². The van der Waals surface area contributed by atoms with E-state index in [0.29, 0.717) is 24.7 Å². The molecule has 8 heteroatoms. The first-order valence-electron chi connectivity index (χ1n) is 9.18. The molecule has 0 spiro atoms. The number of hydrogen-bond acceptors (Lipinski definition) is 5. The number of carbonyl (C=O) groups is 1. The van der Waals surface area contributed by atoms with Crippen LogP contribution < -0.4 is 5.32 Å².